The van der Waals surface area contributed by atoms with E-state index in [9.17, 15) is 0 Å². The summed E-state index contributed by atoms with van der Waals surface area (Å²) in [6.07, 6.45) is 5.34. The van der Waals surface area contributed by atoms with E-state index in [-0.39, 0.29) is 0 Å². The highest BCUT2D eigenvalue weighted by Gasteiger charge is 2.22. The molecule has 0 aromatic rings. The third-order valence-corrected chi connectivity index (χ3v) is 5.25. The standard InChI is InChI=1S/C14H30N2S/c1-5-12(6-2)14(16(3)4)10-15-13-8-7-9-17-11-13/h12-15H,5-11H2,1-4H3. The Hall–Kier alpha value is 0.270. The van der Waals surface area contributed by atoms with E-state index in [2.05, 4.69) is 49.9 Å². The summed E-state index contributed by atoms with van der Waals surface area (Å²) >= 11 is 2.11. The zero-order valence-corrected chi connectivity index (χ0v) is 12.9. The molecule has 1 aliphatic rings. The molecular weight excluding hydrogens is 228 g/mol. The van der Waals surface area contributed by atoms with Crippen LogP contribution in [-0.2, 0) is 0 Å². The minimum Gasteiger partial charge on any atom is -0.312 e. The lowest BCUT2D eigenvalue weighted by Crippen LogP contribution is -2.47. The molecule has 0 saturated carbocycles. The maximum atomic E-state index is 3.79. The second kappa shape index (κ2) is 8.39. The molecule has 1 aliphatic heterocycles. The first-order valence-corrected chi connectivity index (χ1v) is 8.32. The number of nitrogens with zero attached hydrogens (tertiary/aromatic N) is 1. The van der Waals surface area contributed by atoms with Crippen molar-refractivity contribution in [1.82, 2.24) is 10.2 Å². The first kappa shape index (κ1) is 15.3. The van der Waals surface area contributed by atoms with Crippen molar-refractivity contribution in [3.05, 3.63) is 0 Å². The molecule has 3 heteroatoms. The van der Waals surface area contributed by atoms with Crippen molar-refractivity contribution in [2.75, 3.05) is 32.1 Å². The first-order chi connectivity index (χ1) is 8.19. The van der Waals surface area contributed by atoms with Gasteiger partial charge in [-0.2, -0.15) is 11.8 Å². The Balaban J connectivity index is 2.37. The monoisotopic (exact) mass is 258 g/mol. The van der Waals surface area contributed by atoms with Gasteiger partial charge in [-0.25, -0.2) is 0 Å². The number of hydrogen-bond acceptors (Lipinski definition) is 3. The Kier molecular flexibility index (Phi) is 7.56. The summed E-state index contributed by atoms with van der Waals surface area (Å²) in [5, 5.41) is 3.79. The van der Waals surface area contributed by atoms with E-state index in [1.165, 1.54) is 37.2 Å². The fourth-order valence-electron chi connectivity index (χ4n) is 2.79. The summed E-state index contributed by atoms with van der Waals surface area (Å²) in [6.45, 7) is 5.80. The molecule has 0 amide bonds. The highest BCUT2D eigenvalue weighted by molar-refractivity contribution is 7.99. The zero-order chi connectivity index (χ0) is 12.7. The zero-order valence-electron chi connectivity index (χ0n) is 12.0. The van der Waals surface area contributed by atoms with E-state index in [0.29, 0.717) is 6.04 Å². The van der Waals surface area contributed by atoms with Crippen molar-refractivity contribution in [2.24, 2.45) is 5.92 Å². The SMILES string of the molecule is CCC(CC)C(CNC1CCCSC1)N(C)C. The van der Waals surface area contributed by atoms with Gasteiger partial charge < -0.3 is 10.2 Å². The summed E-state index contributed by atoms with van der Waals surface area (Å²) in [4.78, 5) is 2.40. The third-order valence-electron chi connectivity index (χ3n) is 4.03. The second-order valence-electron chi connectivity index (χ2n) is 5.43. The van der Waals surface area contributed by atoms with Gasteiger partial charge in [0.25, 0.3) is 0 Å². The lowest BCUT2D eigenvalue weighted by atomic mass is 9.93. The minimum atomic E-state index is 0.692. The van der Waals surface area contributed by atoms with Crippen molar-refractivity contribution >= 4 is 11.8 Å². The van der Waals surface area contributed by atoms with Crippen LogP contribution in [0.15, 0.2) is 0 Å². The predicted molar refractivity (Wildman–Crippen MR) is 79.9 cm³/mol. The fourth-order valence-corrected chi connectivity index (χ4v) is 3.90. The summed E-state index contributed by atoms with van der Waals surface area (Å²) in [6, 6.07) is 1.45. The van der Waals surface area contributed by atoms with Crippen LogP contribution in [-0.4, -0.2) is 49.1 Å². The average molecular weight is 258 g/mol. The first-order valence-electron chi connectivity index (χ1n) is 7.16. The van der Waals surface area contributed by atoms with E-state index in [0.717, 1.165) is 18.5 Å². The maximum absolute atomic E-state index is 3.79. The summed E-state index contributed by atoms with van der Waals surface area (Å²) in [5.41, 5.74) is 0. The van der Waals surface area contributed by atoms with Crippen LogP contribution >= 0.6 is 11.8 Å². The van der Waals surface area contributed by atoms with Crippen molar-refractivity contribution in [1.29, 1.82) is 0 Å². The molecule has 0 spiro atoms. The highest BCUT2D eigenvalue weighted by atomic mass is 32.2. The van der Waals surface area contributed by atoms with E-state index < -0.39 is 0 Å². The molecule has 0 aliphatic carbocycles. The molecule has 1 rings (SSSR count). The topological polar surface area (TPSA) is 15.3 Å². The summed E-state index contributed by atoms with van der Waals surface area (Å²) in [5.74, 6) is 3.50. The maximum Gasteiger partial charge on any atom is 0.0242 e. The Labute approximate surface area is 112 Å². The average Bonchev–Trinajstić information content (AvgIpc) is 2.35. The van der Waals surface area contributed by atoms with Gasteiger partial charge in [-0.3, -0.25) is 0 Å². The number of rotatable bonds is 7. The van der Waals surface area contributed by atoms with Crippen molar-refractivity contribution in [2.45, 2.75) is 51.6 Å². The molecule has 17 heavy (non-hydrogen) atoms. The van der Waals surface area contributed by atoms with Gasteiger partial charge in [-0.15, -0.1) is 0 Å². The van der Waals surface area contributed by atoms with Gasteiger partial charge in [-0.05, 0) is 38.6 Å². The molecule has 0 radical (unpaired) electrons. The quantitative estimate of drug-likeness (QED) is 0.756. The van der Waals surface area contributed by atoms with Crippen LogP contribution in [0.5, 0.6) is 0 Å². The fraction of sp³-hybridized carbons (Fsp3) is 1.00. The molecule has 1 heterocycles. The normalized spacial score (nSPS) is 23.3. The molecule has 0 aromatic heterocycles. The molecule has 1 saturated heterocycles. The van der Waals surface area contributed by atoms with Gasteiger partial charge in [0.15, 0.2) is 0 Å². The number of thioether (sulfide) groups is 1. The van der Waals surface area contributed by atoms with Crippen molar-refractivity contribution in [3.8, 4) is 0 Å². The van der Waals surface area contributed by atoms with Gasteiger partial charge >= 0.3 is 0 Å². The summed E-state index contributed by atoms with van der Waals surface area (Å²) in [7, 11) is 4.45. The van der Waals surface area contributed by atoms with Crippen LogP contribution in [0, 0.1) is 5.92 Å². The molecule has 2 atom stereocenters. The molecule has 102 valence electrons. The highest BCUT2D eigenvalue weighted by Crippen LogP contribution is 2.19. The minimum absolute atomic E-state index is 0.692. The molecule has 1 fully saturated rings. The molecule has 0 bridgehead atoms. The van der Waals surface area contributed by atoms with E-state index in [4.69, 9.17) is 0 Å². The number of hydrogen-bond donors (Lipinski definition) is 1. The van der Waals surface area contributed by atoms with Gasteiger partial charge in [-0.1, -0.05) is 26.7 Å². The van der Waals surface area contributed by atoms with E-state index in [1.807, 2.05) is 0 Å². The lowest BCUT2D eigenvalue weighted by molar-refractivity contribution is 0.189. The van der Waals surface area contributed by atoms with Gasteiger partial charge in [0, 0.05) is 24.4 Å². The van der Waals surface area contributed by atoms with Gasteiger partial charge in [0.1, 0.15) is 0 Å². The molecule has 2 unspecified atom stereocenters. The van der Waals surface area contributed by atoms with E-state index in [1.54, 1.807) is 0 Å². The van der Waals surface area contributed by atoms with Crippen LogP contribution in [0.2, 0.25) is 0 Å². The van der Waals surface area contributed by atoms with Crippen LogP contribution in [0.3, 0.4) is 0 Å². The molecule has 0 aromatic carbocycles. The Morgan fingerprint density at radius 3 is 2.47 bits per heavy atom. The number of nitrogens with one attached hydrogen (secondary N) is 1. The Morgan fingerprint density at radius 1 is 1.29 bits per heavy atom. The van der Waals surface area contributed by atoms with Crippen LogP contribution < -0.4 is 5.32 Å². The molecule has 2 nitrogen and oxygen atoms in total. The second-order valence-corrected chi connectivity index (χ2v) is 6.58. The summed E-state index contributed by atoms with van der Waals surface area (Å²) < 4.78 is 0. The third kappa shape index (κ3) is 5.19. The predicted octanol–water partition coefficient (Wildman–Crippen LogP) is 2.84. The van der Waals surface area contributed by atoms with Crippen LogP contribution in [0.25, 0.3) is 0 Å². The lowest BCUT2D eigenvalue weighted by Gasteiger charge is -2.33. The van der Waals surface area contributed by atoms with Gasteiger partial charge in [0.05, 0.1) is 0 Å². The largest absolute Gasteiger partial charge is 0.312 e. The van der Waals surface area contributed by atoms with Crippen LogP contribution in [0.4, 0.5) is 0 Å². The van der Waals surface area contributed by atoms with Gasteiger partial charge in [0.2, 0.25) is 0 Å². The van der Waals surface area contributed by atoms with Crippen molar-refractivity contribution < 1.29 is 0 Å². The Morgan fingerprint density at radius 2 is 2.00 bits per heavy atom. The number of likely N-dealkylation sites (N-methyl/N-ethyl adjacent to an activating group) is 1. The molecule has 1 N–H and O–H groups in total. The smallest absolute Gasteiger partial charge is 0.0242 e. The van der Waals surface area contributed by atoms with E-state index >= 15 is 0 Å². The van der Waals surface area contributed by atoms with Crippen LogP contribution in [0.1, 0.15) is 39.5 Å². The van der Waals surface area contributed by atoms with Crippen molar-refractivity contribution in [3.63, 3.8) is 0 Å². The molecular formula is C14H30N2S. The Bertz CT molecular complexity index is 187.